The van der Waals surface area contributed by atoms with Crippen molar-refractivity contribution in [2.24, 2.45) is 0 Å². The number of hydrogen-bond donors (Lipinski definition) is 0. The SMILES string of the molecule is C[SiH]1c2cc(N3CCC3)ccc2C2=C(c3ccccc3C2=O)c2ccc(N3CCC3)cc21. The van der Waals surface area contributed by atoms with Gasteiger partial charge >= 0.3 is 0 Å². The molecule has 0 radical (unpaired) electrons. The van der Waals surface area contributed by atoms with E-state index in [2.05, 4.69) is 64.9 Å². The van der Waals surface area contributed by atoms with Gasteiger partial charge in [0.15, 0.2) is 5.78 Å². The van der Waals surface area contributed by atoms with Gasteiger partial charge in [0.1, 0.15) is 8.80 Å². The van der Waals surface area contributed by atoms with Crippen LogP contribution >= 0.6 is 0 Å². The molecule has 7 rings (SSSR count). The average molecular weight is 435 g/mol. The molecule has 0 N–H and O–H groups in total. The number of anilines is 2. The first kappa shape index (κ1) is 18.5. The normalized spacial score (nSPS) is 20.7. The molecule has 0 aromatic heterocycles. The number of rotatable bonds is 2. The van der Waals surface area contributed by atoms with Crippen molar-refractivity contribution in [3.05, 3.63) is 82.9 Å². The third-order valence-electron chi connectivity index (χ3n) is 7.90. The number of carbonyl (C=O) groups excluding carboxylic acids is 1. The molecule has 3 heterocycles. The van der Waals surface area contributed by atoms with Crippen molar-refractivity contribution in [2.45, 2.75) is 19.4 Å². The van der Waals surface area contributed by atoms with E-state index in [1.54, 1.807) is 0 Å². The standard InChI is InChI=1S/C28H26N2OSi/c1-32-24-16-18(29-12-4-13-29)8-10-22(24)26-20-6-2-3-7-21(20)28(31)27(26)23-11-9-19(17-25(23)32)30-14-5-15-30/h2-3,6-11,16-17,32H,4-5,12-15H2,1H3. The summed E-state index contributed by atoms with van der Waals surface area (Å²) in [4.78, 5) is 18.7. The van der Waals surface area contributed by atoms with E-state index < -0.39 is 8.80 Å². The van der Waals surface area contributed by atoms with E-state index in [9.17, 15) is 4.79 Å². The highest BCUT2D eigenvalue weighted by molar-refractivity contribution is 6.86. The van der Waals surface area contributed by atoms with Crippen molar-refractivity contribution in [2.75, 3.05) is 36.0 Å². The van der Waals surface area contributed by atoms with E-state index in [0.29, 0.717) is 0 Å². The van der Waals surface area contributed by atoms with Gasteiger partial charge < -0.3 is 9.80 Å². The molecule has 1 atom stereocenters. The van der Waals surface area contributed by atoms with E-state index in [1.165, 1.54) is 45.7 Å². The van der Waals surface area contributed by atoms with E-state index in [0.717, 1.165) is 48.5 Å². The predicted octanol–water partition coefficient (Wildman–Crippen LogP) is 3.55. The number of ketones is 1. The molecule has 3 aliphatic heterocycles. The minimum atomic E-state index is -1.49. The molecule has 4 heteroatoms. The Balaban J connectivity index is 1.51. The number of benzene rings is 3. The molecule has 3 aromatic rings. The van der Waals surface area contributed by atoms with Crippen LogP contribution in [0.4, 0.5) is 11.4 Å². The summed E-state index contributed by atoms with van der Waals surface area (Å²) in [5.74, 6) is 0.189. The lowest BCUT2D eigenvalue weighted by Gasteiger charge is -2.34. The van der Waals surface area contributed by atoms with Crippen molar-refractivity contribution in [3.8, 4) is 0 Å². The quantitative estimate of drug-likeness (QED) is 0.577. The molecule has 0 amide bonds. The molecule has 0 saturated carbocycles. The second kappa shape index (κ2) is 6.69. The van der Waals surface area contributed by atoms with Crippen LogP contribution in [0.15, 0.2) is 60.7 Å². The Bertz CT molecular complexity index is 1330. The van der Waals surface area contributed by atoms with Crippen LogP contribution in [-0.4, -0.2) is 40.8 Å². The third-order valence-corrected chi connectivity index (χ3v) is 10.7. The summed E-state index contributed by atoms with van der Waals surface area (Å²) in [5.41, 5.74) is 9.15. The van der Waals surface area contributed by atoms with Gasteiger partial charge in [-0.25, -0.2) is 0 Å². The second-order valence-electron chi connectivity index (χ2n) is 9.57. The van der Waals surface area contributed by atoms with E-state index >= 15 is 0 Å². The Morgan fingerprint density at radius 3 is 1.72 bits per heavy atom. The molecule has 32 heavy (non-hydrogen) atoms. The molecule has 1 unspecified atom stereocenters. The van der Waals surface area contributed by atoms with Crippen LogP contribution in [0.2, 0.25) is 6.55 Å². The largest absolute Gasteiger partial charge is 0.371 e. The topological polar surface area (TPSA) is 23.6 Å². The minimum absolute atomic E-state index is 0.189. The fourth-order valence-electron chi connectivity index (χ4n) is 5.80. The summed E-state index contributed by atoms with van der Waals surface area (Å²) < 4.78 is 0. The molecule has 2 fully saturated rings. The number of hydrogen-bond acceptors (Lipinski definition) is 3. The monoisotopic (exact) mass is 434 g/mol. The fourth-order valence-corrected chi connectivity index (χ4v) is 8.39. The van der Waals surface area contributed by atoms with Gasteiger partial charge in [0, 0.05) is 54.3 Å². The average Bonchev–Trinajstić information content (AvgIpc) is 2.97. The summed E-state index contributed by atoms with van der Waals surface area (Å²) in [6.45, 7) is 7.04. The Morgan fingerprint density at radius 2 is 1.19 bits per heavy atom. The molecule has 0 spiro atoms. The van der Waals surface area contributed by atoms with Crippen molar-refractivity contribution in [1.82, 2.24) is 0 Å². The highest BCUT2D eigenvalue weighted by Gasteiger charge is 2.37. The second-order valence-corrected chi connectivity index (χ2v) is 12.3. The van der Waals surface area contributed by atoms with Crippen molar-refractivity contribution >= 4 is 47.5 Å². The lowest BCUT2D eigenvalue weighted by Crippen LogP contribution is -2.44. The molecule has 1 aliphatic carbocycles. The first-order valence-electron chi connectivity index (χ1n) is 11.9. The summed E-state index contributed by atoms with van der Waals surface area (Å²) in [6.07, 6.45) is 2.55. The maximum atomic E-state index is 13.7. The maximum absolute atomic E-state index is 13.7. The predicted molar refractivity (Wildman–Crippen MR) is 136 cm³/mol. The van der Waals surface area contributed by atoms with Crippen LogP contribution in [0.5, 0.6) is 0 Å². The Hall–Kier alpha value is -3.11. The molecular formula is C28H26N2OSi. The fraction of sp³-hybridized carbons (Fsp3) is 0.250. The lowest BCUT2D eigenvalue weighted by atomic mass is 9.93. The van der Waals surface area contributed by atoms with Crippen LogP contribution in [-0.2, 0) is 0 Å². The van der Waals surface area contributed by atoms with Crippen molar-refractivity contribution in [3.63, 3.8) is 0 Å². The zero-order valence-corrected chi connectivity index (χ0v) is 19.6. The summed E-state index contributed by atoms with van der Waals surface area (Å²) in [5, 5.41) is 2.90. The molecular weight excluding hydrogens is 408 g/mol. The van der Waals surface area contributed by atoms with Crippen LogP contribution in [0.25, 0.3) is 11.1 Å². The summed E-state index contributed by atoms with van der Waals surface area (Å²) in [6, 6.07) is 22.1. The first-order chi connectivity index (χ1) is 15.7. The van der Waals surface area contributed by atoms with Crippen molar-refractivity contribution in [1.29, 1.82) is 0 Å². The van der Waals surface area contributed by atoms with E-state index in [-0.39, 0.29) is 5.78 Å². The molecule has 4 aliphatic rings. The number of allylic oxidation sites excluding steroid dienone is 1. The molecule has 3 aromatic carbocycles. The zero-order chi connectivity index (χ0) is 21.4. The molecule has 158 valence electrons. The van der Waals surface area contributed by atoms with Crippen LogP contribution in [0.3, 0.4) is 0 Å². The number of nitrogens with zero attached hydrogens (tertiary/aromatic N) is 2. The smallest absolute Gasteiger partial charge is 0.194 e. The van der Waals surface area contributed by atoms with E-state index in [4.69, 9.17) is 0 Å². The van der Waals surface area contributed by atoms with Gasteiger partial charge in [0.2, 0.25) is 0 Å². The maximum Gasteiger partial charge on any atom is 0.194 e. The van der Waals surface area contributed by atoms with Gasteiger partial charge in [-0.2, -0.15) is 0 Å². The van der Waals surface area contributed by atoms with Crippen LogP contribution in [0, 0.1) is 0 Å². The third kappa shape index (κ3) is 2.44. The van der Waals surface area contributed by atoms with Gasteiger partial charge in [0.05, 0.1) is 0 Å². The molecule has 0 bridgehead atoms. The number of fused-ring (bicyclic) bond motifs is 6. The van der Waals surface area contributed by atoms with E-state index in [1.807, 2.05) is 12.1 Å². The van der Waals surface area contributed by atoms with Gasteiger partial charge in [0.25, 0.3) is 0 Å². The highest BCUT2D eigenvalue weighted by Crippen LogP contribution is 2.43. The van der Waals surface area contributed by atoms with Gasteiger partial charge in [-0.1, -0.05) is 42.9 Å². The van der Waals surface area contributed by atoms with Gasteiger partial charge in [-0.3, -0.25) is 4.79 Å². The first-order valence-corrected chi connectivity index (χ1v) is 14.2. The Labute approximate surface area is 190 Å². The van der Waals surface area contributed by atoms with Crippen molar-refractivity contribution < 1.29 is 4.79 Å². The lowest BCUT2D eigenvalue weighted by molar-refractivity contribution is 0.105. The number of carbonyl (C=O) groups is 1. The summed E-state index contributed by atoms with van der Waals surface area (Å²) in [7, 11) is -1.49. The number of Topliss-reactive ketones (excluding diaryl/α,β-unsaturated/α-hetero) is 1. The van der Waals surface area contributed by atoms with Gasteiger partial charge in [-0.05, 0) is 64.2 Å². The zero-order valence-electron chi connectivity index (χ0n) is 18.4. The van der Waals surface area contributed by atoms with Crippen LogP contribution < -0.4 is 20.2 Å². The van der Waals surface area contributed by atoms with Gasteiger partial charge in [-0.15, -0.1) is 0 Å². The Morgan fingerprint density at radius 1 is 0.656 bits per heavy atom. The van der Waals surface area contributed by atoms with Crippen LogP contribution in [0.1, 0.15) is 39.9 Å². The summed E-state index contributed by atoms with van der Waals surface area (Å²) >= 11 is 0. The Kier molecular flexibility index (Phi) is 3.86. The highest BCUT2D eigenvalue weighted by atomic mass is 28.3. The minimum Gasteiger partial charge on any atom is -0.371 e. The molecule has 2 saturated heterocycles. The molecule has 3 nitrogen and oxygen atoms in total.